The summed E-state index contributed by atoms with van der Waals surface area (Å²) in [5, 5.41) is 0. The smallest absolute Gasteiger partial charge is 0.207 e. The zero-order valence-electron chi connectivity index (χ0n) is 10.7. The number of hydrogen-bond acceptors (Lipinski definition) is 2. The average Bonchev–Trinajstić information content (AvgIpc) is 2.39. The fourth-order valence-electron chi connectivity index (χ4n) is 1.62. The molecule has 0 heterocycles. The van der Waals surface area contributed by atoms with E-state index in [1.807, 2.05) is 0 Å². The van der Waals surface area contributed by atoms with Gasteiger partial charge in [0, 0.05) is 0 Å². The molecule has 0 unspecified atom stereocenters. The van der Waals surface area contributed by atoms with E-state index in [-0.39, 0.29) is 0 Å². The monoisotopic (exact) mass is 287 g/mol. The van der Waals surface area contributed by atoms with Gasteiger partial charge in [-0.25, -0.2) is 17.2 Å². The molecule has 0 aromatic heterocycles. The van der Waals surface area contributed by atoms with E-state index in [1.54, 1.807) is 13.8 Å². The predicted molar refractivity (Wildman–Crippen MR) is 68.8 cm³/mol. The molecule has 19 heavy (non-hydrogen) atoms. The Morgan fingerprint density at radius 1 is 1.32 bits per heavy atom. The van der Waals surface area contributed by atoms with Crippen molar-refractivity contribution in [1.29, 1.82) is 0 Å². The van der Waals surface area contributed by atoms with E-state index in [2.05, 4.69) is 10.6 Å². The molecule has 0 bridgehead atoms. The third-order valence-electron chi connectivity index (χ3n) is 3.00. The molecule has 0 fully saturated rings. The first-order valence-corrected chi connectivity index (χ1v) is 7.25. The van der Waals surface area contributed by atoms with Crippen LogP contribution in [0.2, 0.25) is 0 Å². The van der Waals surface area contributed by atoms with Crippen LogP contribution >= 0.6 is 0 Å². The third kappa shape index (κ3) is 3.31. The van der Waals surface area contributed by atoms with Gasteiger partial charge in [-0.05, 0) is 31.0 Å². The first kappa shape index (κ1) is 15.6. The summed E-state index contributed by atoms with van der Waals surface area (Å²) >= 11 is 0. The highest BCUT2D eigenvalue weighted by molar-refractivity contribution is 7.89. The number of rotatable bonds is 5. The summed E-state index contributed by atoms with van der Waals surface area (Å²) in [4.78, 5) is -0.742. The maximum Gasteiger partial charge on any atom is 0.244 e. The summed E-state index contributed by atoms with van der Waals surface area (Å²) in [5.74, 6) is 0.515. The molecule has 1 aromatic rings. The molecule has 0 aliphatic heterocycles. The molecule has 1 rings (SSSR count). The lowest BCUT2D eigenvalue weighted by molar-refractivity contribution is 0.448. The molecule has 0 saturated heterocycles. The highest BCUT2D eigenvalue weighted by Crippen LogP contribution is 2.21. The van der Waals surface area contributed by atoms with Crippen LogP contribution in [0, 0.1) is 24.0 Å². The van der Waals surface area contributed by atoms with Gasteiger partial charge in [0.1, 0.15) is 16.5 Å². The molecule has 0 aliphatic rings. The van der Waals surface area contributed by atoms with Crippen LogP contribution in [0.3, 0.4) is 0 Å². The number of sulfonamides is 1. The molecule has 0 saturated carbocycles. The Hall–Kier alpha value is -1.45. The maximum absolute atomic E-state index is 13.5. The summed E-state index contributed by atoms with van der Waals surface area (Å²) in [7, 11) is -4.21. The molecule has 0 amide bonds. The van der Waals surface area contributed by atoms with E-state index >= 15 is 0 Å². The van der Waals surface area contributed by atoms with Gasteiger partial charge in [-0.15, -0.1) is 6.42 Å². The Kier molecular flexibility index (Phi) is 4.66. The summed E-state index contributed by atoms with van der Waals surface area (Å²) in [6, 6.07) is 2.24. The molecular formula is C13H15F2NO2S. The van der Waals surface area contributed by atoms with Gasteiger partial charge in [0.25, 0.3) is 0 Å². The Morgan fingerprint density at radius 3 is 2.37 bits per heavy atom. The van der Waals surface area contributed by atoms with Crippen LogP contribution in [0.4, 0.5) is 8.78 Å². The zero-order valence-corrected chi connectivity index (χ0v) is 11.5. The molecule has 6 heteroatoms. The number of hydrogen-bond donors (Lipinski definition) is 1. The fourth-order valence-corrected chi connectivity index (χ4v) is 3.19. The molecule has 0 aliphatic carbocycles. The van der Waals surface area contributed by atoms with E-state index in [1.165, 1.54) is 0 Å². The van der Waals surface area contributed by atoms with E-state index in [0.717, 1.165) is 12.1 Å². The highest BCUT2D eigenvalue weighted by Gasteiger charge is 2.31. The van der Waals surface area contributed by atoms with Crippen LogP contribution < -0.4 is 4.72 Å². The number of terminal acetylenes is 1. The van der Waals surface area contributed by atoms with Gasteiger partial charge in [0.2, 0.25) is 10.0 Å². The van der Waals surface area contributed by atoms with Gasteiger partial charge in [-0.2, -0.15) is 4.72 Å². The molecule has 0 radical (unpaired) electrons. The van der Waals surface area contributed by atoms with Crippen LogP contribution in [0.25, 0.3) is 0 Å². The van der Waals surface area contributed by atoms with Crippen LogP contribution in [0.15, 0.2) is 23.1 Å². The lowest BCUT2D eigenvalue weighted by Crippen LogP contribution is -2.46. The highest BCUT2D eigenvalue weighted by atomic mass is 32.2. The lowest BCUT2D eigenvalue weighted by atomic mass is 9.96. The van der Waals surface area contributed by atoms with E-state index in [9.17, 15) is 17.2 Å². The minimum atomic E-state index is -4.21. The van der Waals surface area contributed by atoms with Gasteiger partial charge in [0.05, 0.1) is 5.54 Å². The SMILES string of the molecule is C#CC(CC)(CC)NS(=O)(=O)c1cc(F)ccc1F. The van der Waals surface area contributed by atoms with Crippen molar-refractivity contribution < 1.29 is 17.2 Å². The minimum Gasteiger partial charge on any atom is -0.207 e. The quantitative estimate of drug-likeness (QED) is 0.845. The topological polar surface area (TPSA) is 46.2 Å². The average molecular weight is 287 g/mol. The van der Waals surface area contributed by atoms with Gasteiger partial charge in [0.15, 0.2) is 0 Å². The molecule has 1 N–H and O–H groups in total. The number of benzene rings is 1. The van der Waals surface area contributed by atoms with Gasteiger partial charge in [-0.1, -0.05) is 19.8 Å². The van der Waals surface area contributed by atoms with Crippen LogP contribution in [0.1, 0.15) is 26.7 Å². The van der Waals surface area contributed by atoms with Gasteiger partial charge >= 0.3 is 0 Å². The minimum absolute atomic E-state index is 0.343. The van der Waals surface area contributed by atoms with Crippen molar-refractivity contribution >= 4 is 10.0 Å². The van der Waals surface area contributed by atoms with Crippen LogP contribution in [-0.4, -0.2) is 14.0 Å². The molecule has 0 spiro atoms. The van der Waals surface area contributed by atoms with Crippen molar-refractivity contribution in [2.45, 2.75) is 37.1 Å². The summed E-state index contributed by atoms with van der Waals surface area (Å²) in [6.45, 7) is 3.43. The van der Waals surface area contributed by atoms with Crippen molar-refractivity contribution in [3.63, 3.8) is 0 Å². The summed E-state index contributed by atoms with van der Waals surface area (Å²) in [6.07, 6.45) is 6.02. The van der Waals surface area contributed by atoms with E-state index in [4.69, 9.17) is 6.42 Å². The molecule has 1 aromatic carbocycles. The Bertz CT molecular complexity index is 602. The van der Waals surface area contributed by atoms with Crippen molar-refractivity contribution in [1.82, 2.24) is 4.72 Å². The second-order valence-electron chi connectivity index (χ2n) is 4.11. The van der Waals surface area contributed by atoms with E-state index in [0.29, 0.717) is 18.9 Å². The van der Waals surface area contributed by atoms with Crippen molar-refractivity contribution in [2.24, 2.45) is 0 Å². The second kappa shape index (κ2) is 5.68. The first-order valence-electron chi connectivity index (χ1n) is 5.77. The maximum atomic E-state index is 13.5. The van der Waals surface area contributed by atoms with Crippen LogP contribution in [0.5, 0.6) is 0 Å². The largest absolute Gasteiger partial charge is 0.244 e. The Balaban J connectivity index is 3.26. The Labute approximate surface area is 112 Å². The zero-order chi connectivity index (χ0) is 14.7. The number of halogens is 2. The first-order chi connectivity index (χ1) is 8.80. The predicted octanol–water partition coefficient (Wildman–Crippen LogP) is 2.44. The standard InChI is InChI=1S/C13H15F2NO2S/c1-4-13(5-2,6-3)16-19(17,18)12-9-10(14)7-8-11(12)15/h1,7-9,16H,5-6H2,2-3H3. The fraction of sp³-hybridized carbons (Fsp3) is 0.385. The van der Waals surface area contributed by atoms with Crippen molar-refractivity contribution in [2.75, 3.05) is 0 Å². The van der Waals surface area contributed by atoms with Crippen molar-refractivity contribution in [3.8, 4) is 12.3 Å². The van der Waals surface area contributed by atoms with Crippen LogP contribution in [-0.2, 0) is 10.0 Å². The second-order valence-corrected chi connectivity index (χ2v) is 5.76. The molecular weight excluding hydrogens is 272 g/mol. The Morgan fingerprint density at radius 2 is 1.89 bits per heavy atom. The van der Waals surface area contributed by atoms with E-state index < -0.39 is 32.1 Å². The van der Waals surface area contributed by atoms with Gasteiger partial charge < -0.3 is 0 Å². The van der Waals surface area contributed by atoms with Gasteiger partial charge in [-0.3, -0.25) is 0 Å². The molecule has 3 nitrogen and oxygen atoms in total. The normalized spacial score (nSPS) is 12.2. The molecule has 104 valence electrons. The third-order valence-corrected chi connectivity index (χ3v) is 4.55. The molecule has 0 atom stereocenters. The number of nitrogens with one attached hydrogen (secondary N) is 1. The van der Waals surface area contributed by atoms with Crippen molar-refractivity contribution in [3.05, 3.63) is 29.8 Å². The lowest BCUT2D eigenvalue weighted by Gasteiger charge is -2.26. The summed E-state index contributed by atoms with van der Waals surface area (Å²) in [5.41, 5.74) is -1.10. The summed E-state index contributed by atoms with van der Waals surface area (Å²) < 4.78 is 53.0.